The fourth-order valence-electron chi connectivity index (χ4n) is 3.39. The van der Waals surface area contributed by atoms with Crippen LogP contribution in [0.2, 0.25) is 0 Å². The molecule has 0 aliphatic carbocycles. The maximum Gasteiger partial charge on any atom is 0.0871 e. The third kappa shape index (κ3) is 3.12. The molecule has 28 heavy (non-hydrogen) atoms. The molecule has 0 radical (unpaired) electrons. The summed E-state index contributed by atoms with van der Waals surface area (Å²) in [5.41, 5.74) is 3.77. The standard InChI is InChI=1S/C24H18N4/c1-2-10-20-19(9-1)23(15-17-7-3-4-13-25-17)28-24(20)16-18-8-5-11-22(27-18)21-12-6-14-26-21/h1-16,26,28H. The van der Waals surface area contributed by atoms with E-state index in [9.17, 15) is 0 Å². The maximum atomic E-state index is 4.78. The molecule has 0 aliphatic heterocycles. The zero-order chi connectivity index (χ0) is 18.8. The van der Waals surface area contributed by atoms with E-state index in [2.05, 4.69) is 51.4 Å². The Morgan fingerprint density at radius 2 is 1.43 bits per heavy atom. The number of nitrogens with zero attached hydrogens (tertiary/aromatic N) is 2. The first kappa shape index (κ1) is 16.3. The van der Waals surface area contributed by atoms with Crippen LogP contribution in [0.5, 0.6) is 0 Å². The molecule has 0 unspecified atom stereocenters. The number of aromatic amines is 2. The van der Waals surface area contributed by atoms with E-state index < -0.39 is 0 Å². The summed E-state index contributed by atoms with van der Waals surface area (Å²) < 4.78 is 0. The van der Waals surface area contributed by atoms with Crippen molar-refractivity contribution in [3.8, 4) is 11.4 Å². The van der Waals surface area contributed by atoms with Crippen molar-refractivity contribution in [2.75, 3.05) is 0 Å². The van der Waals surface area contributed by atoms with Crippen LogP contribution >= 0.6 is 0 Å². The van der Waals surface area contributed by atoms with Gasteiger partial charge in [0.05, 0.1) is 22.8 Å². The second-order valence-corrected chi connectivity index (χ2v) is 6.57. The molecule has 4 nitrogen and oxygen atoms in total. The van der Waals surface area contributed by atoms with Crippen LogP contribution in [-0.2, 0) is 0 Å². The van der Waals surface area contributed by atoms with Crippen molar-refractivity contribution >= 4 is 22.9 Å². The highest BCUT2D eigenvalue weighted by Crippen LogP contribution is 2.15. The topological polar surface area (TPSA) is 57.4 Å². The first-order valence-electron chi connectivity index (χ1n) is 9.19. The van der Waals surface area contributed by atoms with Crippen LogP contribution in [0.25, 0.3) is 34.3 Å². The summed E-state index contributed by atoms with van der Waals surface area (Å²) in [4.78, 5) is 15.9. The van der Waals surface area contributed by atoms with Crippen molar-refractivity contribution < 1.29 is 0 Å². The van der Waals surface area contributed by atoms with Crippen molar-refractivity contribution in [2.45, 2.75) is 0 Å². The number of pyridine rings is 2. The van der Waals surface area contributed by atoms with Crippen molar-refractivity contribution in [1.82, 2.24) is 19.9 Å². The van der Waals surface area contributed by atoms with Gasteiger partial charge in [-0.1, -0.05) is 36.4 Å². The Balaban J connectivity index is 1.68. The summed E-state index contributed by atoms with van der Waals surface area (Å²) in [6, 6.07) is 24.3. The molecule has 5 rings (SSSR count). The van der Waals surface area contributed by atoms with Crippen molar-refractivity contribution in [3.05, 3.63) is 107 Å². The van der Waals surface area contributed by atoms with Crippen molar-refractivity contribution in [2.24, 2.45) is 0 Å². The molecule has 2 N–H and O–H groups in total. The minimum Gasteiger partial charge on any atom is -0.360 e. The predicted molar refractivity (Wildman–Crippen MR) is 113 cm³/mol. The Morgan fingerprint density at radius 3 is 2.14 bits per heavy atom. The highest BCUT2D eigenvalue weighted by molar-refractivity contribution is 5.85. The van der Waals surface area contributed by atoms with Crippen LogP contribution in [-0.4, -0.2) is 19.9 Å². The molecule has 0 amide bonds. The van der Waals surface area contributed by atoms with Crippen LogP contribution in [0.3, 0.4) is 0 Å². The van der Waals surface area contributed by atoms with E-state index >= 15 is 0 Å². The molecule has 134 valence electrons. The molecule has 1 aromatic carbocycles. The van der Waals surface area contributed by atoms with E-state index in [0.29, 0.717) is 0 Å². The number of nitrogens with one attached hydrogen (secondary N) is 2. The molecule has 0 saturated heterocycles. The summed E-state index contributed by atoms with van der Waals surface area (Å²) in [6.45, 7) is 0. The highest BCUT2D eigenvalue weighted by atomic mass is 14.8. The Bertz CT molecular complexity index is 1350. The smallest absolute Gasteiger partial charge is 0.0871 e. The minimum atomic E-state index is 0.906. The largest absolute Gasteiger partial charge is 0.360 e. The van der Waals surface area contributed by atoms with E-state index in [-0.39, 0.29) is 0 Å². The highest BCUT2D eigenvalue weighted by Gasteiger charge is 2.03. The average molecular weight is 362 g/mol. The van der Waals surface area contributed by atoms with Gasteiger partial charge < -0.3 is 9.97 Å². The molecule has 0 fully saturated rings. The SMILES string of the molecule is C(c1ccccn1)=c1[nH]c(=Cc2cccc(-c3ccc[nH]3)n2)c2ccccc12. The summed E-state index contributed by atoms with van der Waals surface area (Å²) in [6.07, 6.45) is 7.87. The maximum absolute atomic E-state index is 4.78. The summed E-state index contributed by atoms with van der Waals surface area (Å²) >= 11 is 0. The number of aromatic nitrogens is 4. The van der Waals surface area contributed by atoms with Gasteiger partial charge in [-0.25, -0.2) is 4.98 Å². The summed E-state index contributed by atoms with van der Waals surface area (Å²) in [7, 11) is 0. The van der Waals surface area contributed by atoms with Gasteiger partial charge in [0.25, 0.3) is 0 Å². The fraction of sp³-hybridized carbons (Fsp3) is 0. The van der Waals surface area contributed by atoms with Crippen molar-refractivity contribution in [1.29, 1.82) is 0 Å². The second-order valence-electron chi connectivity index (χ2n) is 6.57. The Kier molecular flexibility index (Phi) is 4.07. The number of fused-ring (bicyclic) bond motifs is 1. The third-order valence-electron chi connectivity index (χ3n) is 4.69. The quantitative estimate of drug-likeness (QED) is 0.515. The van der Waals surface area contributed by atoms with Gasteiger partial charge in [-0.3, -0.25) is 4.98 Å². The fourth-order valence-corrected chi connectivity index (χ4v) is 3.39. The van der Waals surface area contributed by atoms with Crippen molar-refractivity contribution in [3.63, 3.8) is 0 Å². The molecule has 4 heterocycles. The number of rotatable bonds is 3. The Labute approximate surface area is 161 Å². The van der Waals surface area contributed by atoms with Gasteiger partial charge in [0.1, 0.15) is 0 Å². The van der Waals surface area contributed by atoms with Gasteiger partial charge in [-0.2, -0.15) is 0 Å². The first-order valence-corrected chi connectivity index (χ1v) is 9.19. The lowest BCUT2D eigenvalue weighted by molar-refractivity contribution is 1.23. The van der Waals surface area contributed by atoms with Crippen LogP contribution < -0.4 is 10.7 Å². The average Bonchev–Trinajstić information content (AvgIpc) is 3.39. The van der Waals surface area contributed by atoms with Gasteiger partial charge >= 0.3 is 0 Å². The van der Waals surface area contributed by atoms with Gasteiger partial charge in [0.15, 0.2) is 0 Å². The lowest BCUT2D eigenvalue weighted by atomic mass is 10.1. The van der Waals surface area contributed by atoms with E-state index in [1.807, 2.05) is 54.7 Å². The molecular weight excluding hydrogens is 344 g/mol. The third-order valence-corrected chi connectivity index (χ3v) is 4.69. The number of H-pyrrole nitrogens is 2. The van der Waals surface area contributed by atoms with Crippen LogP contribution in [0.4, 0.5) is 0 Å². The zero-order valence-corrected chi connectivity index (χ0v) is 15.1. The number of hydrogen-bond donors (Lipinski definition) is 2. The molecule has 0 aliphatic rings. The second kappa shape index (κ2) is 7.00. The predicted octanol–water partition coefficient (Wildman–Crippen LogP) is 3.61. The number of benzene rings is 1. The molecule has 4 heteroatoms. The Hall–Kier alpha value is -3.92. The summed E-state index contributed by atoms with van der Waals surface area (Å²) in [5, 5.41) is 4.41. The van der Waals surface area contributed by atoms with Gasteiger partial charge in [-0.05, 0) is 48.6 Å². The Morgan fingerprint density at radius 1 is 0.679 bits per heavy atom. The molecule has 0 bridgehead atoms. The molecule has 4 aromatic heterocycles. The van der Waals surface area contributed by atoms with E-state index in [1.165, 1.54) is 5.39 Å². The summed E-state index contributed by atoms with van der Waals surface area (Å²) in [5.74, 6) is 0. The van der Waals surface area contributed by atoms with Gasteiger partial charge in [0.2, 0.25) is 0 Å². The first-order chi connectivity index (χ1) is 13.9. The van der Waals surface area contributed by atoms with E-state index in [0.717, 1.165) is 38.9 Å². The minimum absolute atomic E-state index is 0.906. The molecular formula is C24H18N4. The van der Waals surface area contributed by atoms with E-state index in [4.69, 9.17) is 4.98 Å². The van der Waals surface area contributed by atoms with Gasteiger partial charge in [0, 0.05) is 33.9 Å². The molecule has 0 atom stereocenters. The normalized spacial score (nSPS) is 12.7. The van der Waals surface area contributed by atoms with Crippen LogP contribution in [0, 0.1) is 0 Å². The van der Waals surface area contributed by atoms with Crippen LogP contribution in [0.15, 0.2) is 85.2 Å². The lowest BCUT2D eigenvalue weighted by Gasteiger charge is -1.99. The van der Waals surface area contributed by atoms with Crippen LogP contribution in [0.1, 0.15) is 11.4 Å². The number of hydrogen-bond acceptors (Lipinski definition) is 2. The zero-order valence-electron chi connectivity index (χ0n) is 15.1. The monoisotopic (exact) mass is 362 g/mol. The molecule has 5 aromatic rings. The molecule has 0 spiro atoms. The lowest BCUT2D eigenvalue weighted by Crippen LogP contribution is -2.10. The van der Waals surface area contributed by atoms with Gasteiger partial charge in [-0.15, -0.1) is 0 Å². The van der Waals surface area contributed by atoms with E-state index in [1.54, 1.807) is 6.20 Å². The molecule has 0 saturated carbocycles.